The minimum Gasteiger partial charge on any atom is -0.271 e. The molecule has 1 heterocycles. The summed E-state index contributed by atoms with van der Waals surface area (Å²) in [5.41, 5.74) is 5.76. The summed E-state index contributed by atoms with van der Waals surface area (Å²) in [4.78, 5) is 4.38. The van der Waals surface area contributed by atoms with E-state index >= 15 is 0 Å². The number of benzene rings is 2. The highest BCUT2D eigenvalue weighted by Gasteiger charge is 2.19. The second-order valence-electron chi connectivity index (χ2n) is 4.66. The molecule has 0 aliphatic rings. The van der Waals surface area contributed by atoms with Gasteiger partial charge in [-0.2, -0.15) is 0 Å². The van der Waals surface area contributed by atoms with E-state index in [-0.39, 0.29) is 6.04 Å². The Bertz CT molecular complexity index is 786. The van der Waals surface area contributed by atoms with Crippen LogP contribution in [0.1, 0.15) is 17.2 Å². The fourth-order valence-corrected chi connectivity index (χ4v) is 3.09. The van der Waals surface area contributed by atoms with Gasteiger partial charge in [0.25, 0.3) is 0 Å². The van der Waals surface area contributed by atoms with Crippen molar-refractivity contribution in [2.75, 3.05) is 0 Å². The predicted octanol–water partition coefficient (Wildman–Crippen LogP) is 4.20. The molecule has 1 aromatic heterocycles. The van der Waals surface area contributed by atoms with Crippen LogP contribution in [0.25, 0.3) is 10.9 Å². The number of halogens is 2. The Balaban J connectivity index is 2.21. The summed E-state index contributed by atoms with van der Waals surface area (Å²) in [6.45, 7) is 0. The second kappa shape index (κ2) is 6.12. The number of hydrogen-bond donors (Lipinski definition) is 2. The first-order valence-electron chi connectivity index (χ1n) is 6.46. The van der Waals surface area contributed by atoms with Crippen LogP contribution in [-0.4, -0.2) is 4.98 Å². The van der Waals surface area contributed by atoms with Gasteiger partial charge in [-0.1, -0.05) is 41.9 Å². The van der Waals surface area contributed by atoms with Crippen molar-refractivity contribution in [3.63, 3.8) is 0 Å². The van der Waals surface area contributed by atoms with E-state index < -0.39 is 0 Å². The number of hydrogen-bond acceptors (Lipinski definition) is 3. The molecule has 3 aromatic rings. The maximum absolute atomic E-state index is 6.41. The average Bonchev–Trinajstić information content (AvgIpc) is 2.52. The van der Waals surface area contributed by atoms with Gasteiger partial charge in [0.15, 0.2) is 0 Å². The highest BCUT2D eigenvalue weighted by molar-refractivity contribution is 9.10. The van der Waals surface area contributed by atoms with Crippen molar-refractivity contribution in [1.82, 2.24) is 10.4 Å². The maximum Gasteiger partial charge on any atom is 0.0731 e. The van der Waals surface area contributed by atoms with Crippen molar-refractivity contribution < 1.29 is 0 Å². The molecular weight excluding hydrogens is 350 g/mol. The van der Waals surface area contributed by atoms with Gasteiger partial charge in [-0.05, 0) is 45.3 Å². The van der Waals surface area contributed by atoms with Gasteiger partial charge in [-0.3, -0.25) is 10.8 Å². The lowest BCUT2D eigenvalue weighted by Gasteiger charge is -2.20. The molecular formula is C16H13BrClN3. The van der Waals surface area contributed by atoms with Crippen LogP contribution in [0.4, 0.5) is 0 Å². The van der Waals surface area contributed by atoms with Crippen LogP contribution in [0, 0.1) is 0 Å². The second-order valence-corrected chi connectivity index (χ2v) is 5.89. The Labute approximate surface area is 136 Å². The zero-order valence-electron chi connectivity index (χ0n) is 11.1. The largest absolute Gasteiger partial charge is 0.271 e. The third kappa shape index (κ3) is 2.68. The Morgan fingerprint density at radius 2 is 1.81 bits per heavy atom. The first-order valence-corrected chi connectivity index (χ1v) is 7.63. The van der Waals surface area contributed by atoms with Gasteiger partial charge in [0.1, 0.15) is 0 Å². The number of hydrazine groups is 1. The highest BCUT2D eigenvalue weighted by atomic mass is 79.9. The molecule has 0 saturated heterocycles. The minimum absolute atomic E-state index is 0.206. The van der Waals surface area contributed by atoms with Crippen molar-refractivity contribution in [1.29, 1.82) is 0 Å². The lowest BCUT2D eigenvalue weighted by Crippen LogP contribution is -2.29. The molecule has 106 valence electrons. The molecule has 0 amide bonds. The van der Waals surface area contributed by atoms with Gasteiger partial charge in [-0.15, -0.1) is 0 Å². The summed E-state index contributed by atoms with van der Waals surface area (Å²) in [7, 11) is 0. The quantitative estimate of drug-likeness (QED) is 0.542. The highest BCUT2D eigenvalue weighted by Crippen LogP contribution is 2.35. The van der Waals surface area contributed by atoms with Crippen molar-refractivity contribution in [3.05, 3.63) is 75.4 Å². The summed E-state index contributed by atoms with van der Waals surface area (Å²) in [5.74, 6) is 5.80. The van der Waals surface area contributed by atoms with Gasteiger partial charge in [0, 0.05) is 16.1 Å². The van der Waals surface area contributed by atoms with Gasteiger partial charge in [0.2, 0.25) is 0 Å². The molecule has 0 aliphatic carbocycles. The number of rotatable bonds is 3. The van der Waals surface area contributed by atoms with Crippen LogP contribution in [0.2, 0.25) is 5.02 Å². The van der Waals surface area contributed by atoms with Crippen molar-refractivity contribution >= 4 is 38.4 Å². The molecule has 5 heteroatoms. The third-order valence-electron chi connectivity index (χ3n) is 3.45. The summed E-state index contributed by atoms with van der Waals surface area (Å²) in [6, 6.07) is 15.6. The predicted molar refractivity (Wildman–Crippen MR) is 90.1 cm³/mol. The molecule has 0 saturated carbocycles. The number of fused-ring (bicyclic) bond motifs is 1. The van der Waals surface area contributed by atoms with Crippen LogP contribution in [-0.2, 0) is 0 Å². The van der Waals surface area contributed by atoms with Gasteiger partial charge < -0.3 is 0 Å². The molecule has 2 aromatic carbocycles. The van der Waals surface area contributed by atoms with Crippen LogP contribution < -0.4 is 11.3 Å². The summed E-state index contributed by atoms with van der Waals surface area (Å²) in [5, 5.41) is 1.71. The topological polar surface area (TPSA) is 50.9 Å². The Hall–Kier alpha value is -1.46. The molecule has 0 aliphatic heterocycles. The van der Waals surface area contributed by atoms with E-state index in [1.807, 2.05) is 48.5 Å². The SMILES string of the molecule is NNC(c1cccc(Br)c1Cl)c1cccc2ncccc12. The van der Waals surface area contributed by atoms with Crippen molar-refractivity contribution in [3.8, 4) is 0 Å². The van der Waals surface area contributed by atoms with Gasteiger partial charge in [-0.25, -0.2) is 5.43 Å². The Morgan fingerprint density at radius 3 is 2.62 bits per heavy atom. The zero-order valence-corrected chi connectivity index (χ0v) is 13.4. The molecule has 1 atom stereocenters. The van der Waals surface area contributed by atoms with E-state index in [1.54, 1.807) is 6.20 Å². The number of nitrogens with two attached hydrogens (primary N) is 1. The summed E-state index contributed by atoms with van der Waals surface area (Å²) < 4.78 is 0.847. The molecule has 0 radical (unpaired) electrons. The number of nitrogens with zero attached hydrogens (tertiary/aromatic N) is 1. The lowest BCUT2D eigenvalue weighted by molar-refractivity contribution is 0.641. The van der Waals surface area contributed by atoms with E-state index in [1.165, 1.54) is 0 Å². The van der Waals surface area contributed by atoms with Crippen LogP contribution in [0.5, 0.6) is 0 Å². The van der Waals surface area contributed by atoms with E-state index in [0.717, 1.165) is 26.5 Å². The molecule has 0 fully saturated rings. The van der Waals surface area contributed by atoms with Gasteiger partial charge >= 0.3 is 0 Å². The van der Waals surface area contributed by atoms with Crippen LogP contribution in [0.15, 0.2) is 59.2 Å². The van der Waals surface area contributed by atoms with Crippen molar-refractivity contribution in [2.24, 2.45) is 5.84 Å². The fourth-order valence-electron chi connectivity index (χ4n) is 2.47. The molecule has 0 spiro atoms. The monoisotopic (exact) mass is 361 g/mol. The van der Waals surface area contributed by atoms with Crippen molar-refractivity contribution in [2.45, 2.75) is 6.04 Å². The number of pyridine rings is 1. The number of aromatic nitrogens is 1. The first-order chi connectivity index (χ1) is 10.2. The third-order valence-corrected chi connectivity index (χ3v) is 4.76. The Morgan fingerprint density at radius 1 is 1.05 bits per heavy atom. The summed E-state index contributed by atoms with van der Waals surface area (Å²) >= 11 is 9.86. The molecule has 0 bridgehead atoms. The Kier molecular flexibility index (Phi) is 4.22. The van der Waals surface area contributed by atoms with E-state index in [9.17, 15) is 0 Å². The smallest absolute Gasteiger partial charge is 0.0731 e. The first kappa shape index (κ1) is 14.5. The standard InChI is InChI=1S/C16H13BrClN3/c17-13-7-1-5-12(15(13)18)16(21-19)11-4-2-8-14-10(11)6-3-9-20-14/h1-9,16,21H,19H2. The average molecular weight is 363 g/mol. The van der Waals surface area contributed by atoms with Crippen LogP contribution >= 0.6 is 27.5 Å². The van der Waals surface area contributed by atoms with E-state index in [4.69, 9.17) is 17.4 Å². The normalized spacial score (nSPS) is 12.5. The molecule has 3 nitrogen and oxygen atoms in total. The van der Waals surface area contributed by atoms with Crippen LogP contribution in [0.3, 0.4) is 0 Å². The fraction of sp³-hybridized carbons (Fsp3) is 0.0625. The minimum atomic E-state index is -0.206. The van der Waals surface area contributed by atoms with Gasteiger partial charge in [0.05, 0.1) is 16.6 Å². The zero-order chi connectivity index (χ0) is 14.8. The van der Waals surface area contributed by atoms with E-state index in [2.05, 4.69) is 26.3 Å². The number of nitrogens with one attached hydrogen (secondary N) is 1. The maximum atomic E-state index is 6.41. The molecule has 21 heavy (non-hydrogen) atoms. The molecule has 1 unspecified atom stereocenters. The molecule has 3 rings (SSSR count). The summed E-state index contributed by atoms with van der Waals surface area (Å²) in [6.07, 6.45) is 1.78. The lowest BCUT2D eigenvalue weighted by atomic mass is 9.95. The molecule has 3 N–H and O–H groups in total. The van der Waals surface area contributed by atoms with E-state index in [0.29, 0.717) is 5.02 Å².